The third-order valence-electron chi connectivity index (χ3n) is 4.93. The van der Waals surface area contributed by atoms with Gasteiger partial charge in [0, 0.05) is 40.8 Å². The number of hydrogen-bond donors (Lipinski definition) is 1. The molecular formula is C20H19NO2S. The lowest BCUT2D eigenvalue weighted by Gasteiger charge is -2.34. The van der Waals surface area contributed by atoms with Gasteiger partial charge in [-0.3, -0.25) is 9.59 Å². The van der Waals surface area contributed by atoms with Crippen molar-refractivity contribution >= 4 is 23.0 Å². The maximum Gasteiger partial charge on any atom is 0.225 e. The standard InChI is InChI=1S/C20H19NO2S/c1-12-4-2-5-13(8-12)15-11-19(23)21-16-9-14(10-17(22)20(15)16)18-6-3-7-24-18/h2-8,14-15H,9-11H2,1H3,(H,21,23)/t14-,15+/m0/s1. The average molecular weight is 337 g/mol. The summed E-state index contributed by atoms with van der Waals surface area (Å²) < 4.78 is 0. The van der Waals surface area contributed by atoms with Crippen LogP contribution in [0.15, 0.2) is 53.0 Å². The zero-order valence-corrected chi connectivity index (χ0v) is 14.4. The molecule has 2 atom stereocenters. The molecule has 122 valence electrons. The molecule has 1 N–H and O–H groups in total. The first-order valence-corrected chi connectivity index (χ1v) is 9.16. The van der Waals surface area contributed by atoms with Crippen LogP contribution in [0, 0.1) is 6.92 Å². The minimum Gasteiger partial charge on any atom is -0.329 e. The quantitative estimate of drug-likeness (QED) is 0.898. The van der Waals surface area contributed by atoms with E-state index in [0.29, 0.717) is 12.8 Å². The predicted molar refractivity (Wildman–Crippen MR) is 95.0 cm³/mol. The Hall–Kier alpha value is -2.20. The van der Waals surface area contributed by atoms with Gasteiger partial charge in [0.2, 0.25) is 5.91 Å². The monoisotopic (exact) mass is 337 g/mol. The van der Waals surface area contributed by atoms with Crippen LogP contribution in [0.25, 0.3) is 0 Å². The molecule has 0 saturated heterocycles. The maximum absolute atomic E-state index is 12.9. The van der Waals surface area contributed by atoms with Gasteiger partial charge < -0.3 is 5.32 Å². The topological polar surface area (TPSA) is 46.2 Å². The molecule has 3 nitrogen and oxygen atoms in total. The van der Waals surface area contributed by atoms with Gasteiger partial charge in [0.05, 0.1) is 0 Å². The van der Waals surface area contributed by atoms with Crippen LogP contribution in [0.2, 0.25) is 0 Å². The van der Waals surface area contributed by atoms with Crippen LogP contribution in [0.5, 0.6) is 0 Å². The van der Waals surface area contributed by atoms with E-state index >= 15 is 0 Å². The molecule has 1 amide bonds. The molecule has 0 saturated carbocycles. The molecule has 2 aromatic rings. The normalized spacial score (nSPS) is 23.9. The van der Waals surface area contributed by atoms with Crippen molar-refractivity contribution in [2.75, 3.05) is 0 Å². The summed E-state index contributed by atoms with van der Waals surface area (Å²) in [6.07, 6.45) is 1.64. The van der Waals surface area contributed by atoms with Gasteiger partial charge in [-0.2, -0.15) is 0 Å². The Bertz CT molecular complexity index is 835. The summed E-state index contributed by atoms with van der Waals surface area (Å²) in [6.45, 7) is 2.04. The Morgan fingerprint density at radius 2 is 1.96 bits per heavy atom. The molecular weight excluding hydrogens is 318 g/mol. The Morgan fingerprint density at radius 1 is 1.08 bits per heavy atom. The summed E-state index contributed by atoms with van der Waals surface area (Å²) in [4.78, 5) is 26.4. The fraction of sp³-hybridized carbons (Fsp3) is 0.300. The summed E-state index contributed by atoms with van der Waals surface area (Å²) in [5.41, 5.74) is 3.89. The van der Waals surface area contributed by atoms with E-state index in [1.807, 2.05) is 36.6 Å². The lowest BCUT2D eigenvalue weighted by molar-refractivity contribution is -0.122. The first kappa shape index (κ1) is 15.3. The highest BCUT2D eigenvalue weighted by atomic mass is 32.1. The first-order valence-electron chi connectivity index (χ1n) is 8.28. The van der Waals surface area contributed by atoms with Gasteiger partial charge in [-0.15, -0.1) is 11.3 Å². The summed E-state index contributed by atoms with van der Waals surface area (Å²) in [5, 5.41) is 5.02. The first-order chi connectivity index (χ1) is 11.6. The summed E-state index contributed by atoms with van der Waals surface area (Å²) in [7, 11) is 0. The summed E-state index contributed by atoms with van der Waals surface area (Å²) in [6, 6.07) is 12.3. The van der Waals surface area contributed by atoms with Crippen molar-refractivity contribution in [2.45, 2.75) is 38.0 Å². The molecule has 4 rings (SSSR count). The van der Waals surface area contributed by atoms with Crippen LogP contribution in [-0.4, -0.2) is 11.7 Å². The van der Waals surface area contributed by atoms with Crippen molar-refractivity contribution in [1.29, 1.82) is 0 Å². The number of carbonyl (C=O) groups excluding carboxylic acids is 2. The minimum atomic E-state index is -0.106. The van der Waals surface area contributed by atoms with Gasteiger partial charge in [-0.05, 0) is 30.4 Å². The molecule has 1 aromatic heterocycles. The van der Waals surface area contributed by atoms with E-state index in [4.69, 9.17) is 0 Å². The highest BCUT2D eigenvalue weighted by Crippen LogP contribution is 2.43. The second-order valence-electron chi connectivity index (χ2n) is 6.66. The van der Waals surface area contributed by atoms with E-state index in [1.165, 1.54) is 4.88 Å². The van der Waals surface area contributed by atoms with Crippen molar-refractivity contribution < 1.29 is 9.59 Å². The van der Waals surface area contributed by atoms with E-state index in [-0.39, 0.29) is 23.5 Å². The van der Waals surface area contributed by atoms with Gasteiger partial charge in [-0.1, -0.05) is 35.9 Å². The third kappa shape index (κ3) is 2.71. The second kappa shape index (κ2) is 6.02. The number of allylic oxidation sites excluding steroid dienone is 2. The number of ketones is 1. The summed E-state index contributed by atoms with van der Waals surface area (Å²) in [5.74, 6) is 0.277. The number of hydrogen-bond acceptors (Lipinski definition) is 3. The van der Waals surface area contributed by atoms with Crippen LogP contribution < -0.4 is 5.32 Å². The van der Waals surface area contributed by atoms with Crippen molar-refractivity contribution in [3.63, 3.8) is 0 Å². The Morgan fingerprint density at radius 3 is 2.71 bits per heavy atom. The lowest BCUT2D eigenvalue weighted by Crippen LogP contribution is -2.38. The molecule has 1 aliphatic heterocycles. The SMILES string of the molecule is Cc1cccc([C@H]2CC(=O)NC3=C2C(=O)C[C@@H](c2cccs2)C3)c1. The number of carbonyl (C=O) groups is 2. The maximum atomic E-state index is 12.9. The van der Waals surface area contributed by atoms with Crippen molar-refractivity contribution in [1.82, 2.24) is 5.32 Å². The predicted octanol–water partition coefficient (Wildman–Crippen LogP) is 4.06. The minimum absolute atomic E-state index is 0.0138. The molecule has 2 heterocycles. The number of Topliss-reactive ketones (excluding diaryl/α,β-unsaturated/α-hetero) is 1. The van der Waals surface area contributed by atoms with E-state index in [1.54, 1.807) is 11.3 Å². The number of thiophene rings is 1. The number of amides is 1. The number of nitrogens with one attached hydrogen (secondary N) is 1. The van der Waals surface area contributed by atoms with Crippen molar-refractivity contribution in [3.05, 3.63) is 69.1 Å². The van der Waals surface area contributed by atoms with E-state index in [0.717, 1.165) is 28.8 Å². The molecule has 1 aromatic carbocycles. The number of rotatable bonds is 2. The average Bonchev–Trinajstić information content (AvgIpc) is 3.08. The Balaban J connectivity index is 1.74. The third-order valence-corrected chi connectivity index (χ3v) is 5.96. The zero-order chi connectivity index (χ0) is 16.7. The van der Waals surface area contributed by atoms with Gasteiger partial charge in [0.1, 0.15) is 0 Å². The molecule has 4 heteroatoms. The van der Waals surface area contributed by atoms with Gasteiger partial charge >= 0.3 is 0 Å². The zero-order valence-electron chi connectivity index (χ0n) is 13.5. The van der Waals surface area contributed by atoms with E-state index in [2.05, 4.69) is 17.4 Å². The van der Waals surface area contributed by atoms with Crippen LogP contribution in [0.1, 0.15) is 47.1 Å². The van der Waals surface area contributed by atoms with Crippen molar-refractivity contribution in [3.8, 4) is 0 Å². The van der Waals surface area contributed by atoms with E-state index in [9.17, 15) is 9.59 Å². The fourth-order valence-electron chi connectivity index (χ4n) is 3.86. The van der Waals surface area contributed by atoms with Crippen LogP contribution >= 0.6 is 11.3 Å². The lowest BCUT2D eigenvalue weighted by atomic mass is 9.74. The summed E-state index contributed by atoms with van der Waals surface area (Å²) >= 11 is 1.68. The molecule has 0 radical (unpaired) electrons. The largest absolute Gasteiger partial charge is 0.329 e. The number of benzene rings is 1. The van der Waals surface area contributed by atoms with Crippen LogP contribution in [-0.2, 0) is 9.59 Å². The second-order valence-corrected chi connectivity index (χ2v) is 7.63. The number of aryl methyl sites for hydroxylation is 1. The molecule has 24 heavy (non-hydrogen) atoms. The highest BCUT2D eigenvalue weighted by molar-refractivity contribution is 7.10. The van der Waals surface area contributed by atoms with Gasteiger partial charge in [0.25, 0.3) is 0 Å². The fourth-order valence-corrected chi connectivity index (χ4v) is 4.69. The molecule has 1 aliphatic carbocycles. The van der Waals surface area contributed by atoms with Crippen LogP contribution in [0.3, 0.4) is 0 Å². The molecule has 0 spiro atoms. The molecule has 0 unspecified atom stereocenters. The smallest absolute Gasteiger partial charge is 0.225 e. The van der Waals surface area contributed by atoms with E-state index < -0.39 is 0 Å². The van der Waals surface area contributed by atoms with Gasteiger partial charge in [0.15, 0.2) is 5.78 Å². The van der Waals surface area contributed by atoms with Gasteiger partial charge in [-0.25, -0.2) is 0 Å². The molecule has 0 fully saturated rings. The molecule has 2 aliphatic rings. The highest BCUT2D eigenvalue weighted by Gasteiger charge is 2.38. The Labute approximate surface area is 145 Å². The Kier molecular flexibility index (Phi) is 3.85. The van der Waals surface area contributed by atoms with Crippen molar-refractivity contribution in [2.24, 2.45) is 0 Å². The van der Waals surface area contributed by atoms with Crippen LogP contribution in [0.4, 0.5) is 0 Å². The molecule has 0 bridgehead atoms.